The first kappa shape index (κ1) is 16.6. The molecule has 0 spiro atoms. The molecule has 0 unspecified atom stereocenters. The number of carbonyl (C=O) groups is 2. The topological polar surface area (TPSA) is 95.0 Å². The summed E-state index contributed by atoms with van der Waals surface area (Å²) in [5.74, 6) is -1.51. The number of halogens is 1. The van der Waals surface area contributed by atoms with E-state index in [2.05, 4.69) is 0 Å². The third-order valence-corrected chi connectivity index (χ3v) is 5.49. The standard InChI is InChI=1S/C13H15ClN2O5S/c1-2-7-22(20,21)15-8-11(12(17)18)16(13(15)19)10-6-4-3-5-9(10)14/h3-6,11H,2,7-8H2,1H3,(H,17,18)/t11-/m0/s1. The second kappa shape index (κ2) is 6.13. The number of anilines is 1. The molecule has 0 aromatic heterocycles. The molecule has 0 saturated carbocycles. The monoisotopic (exact) mass is 346 g/mol. The number of urea groups is 1. The zero-order chi connectivity index (χ0) is 16.5. The van der Waals surface area contributed by atoms with Gasteiger partial charge in [0.15, 0.2) is 6.04 Å². The lowest BCUT2D eigenvalue weighted by atomic mass is 10.2. The van der Waals surface area contributed by atoms with Crippen LogP contribution in [-0.4, -0.2) is 48.2 Å². The van der Waals surface area contributed by atoms with Gasteiger partial charge in [0.25, 0.3) is 0 Å². The minimum Gasteiger partial charge on any atom is -0.480 e. The average Bonchev–Trinajstić information content (AvgIpc) is 2.78. The predicted octanol–water partition coefficient (Wildman–Crippen LogP) is 1.78. The van der Waals surface area contributed by atoms with Crippen LogP contribution in [0.2, 0.25) is 5.02 Å². The minimum absolute atomic E-state index is 0.177. The quantitative estimate of drug-likeness (QED) is 0.876. The summed E-state index contributed by atoms with van der Waals surface area (Å²) < 4.78 is 24.9. The van der Waals surface area contributed by atoms with E-state index in [1.165, 1.54) is 12.1 Å². The molecule has 22 heavy (non-hydrogen) atoms. The van der Waals surface area contributed by atoms with Crippen molar-refractivity contribution >= 4 is 39.3 Å². The smallest absolute Gasteiger partial charge is 0.339 e. The molecular formula is C13H15ClN2O5S. The van der Waals surface area contributed by atoms with Crippen LogP contribution in [0.3, 0.4) is 0 Å². The predicted molar refractivity (Wildman–Crippen MR) is 81.5 cm³/mol. The van der Waals surface area contributed by atoms with Gasteiger partial charge in [-0.1, -0.05) is 30.7 Å². The van der Waals surface area contributed by atoms with Gasteiger partial charge in [-0.25, -0.2) is 22.3 Å². The second-order valence-corrected chi connectivity index (χ2v) is 7.23. The van der Waals surface area contributed by atoms with Crippen molar-refractivity contribution in [2.75, 3.05) is 17.2 Å². The average molecular weight is 347 g/mol. The fraction of sp³-hybridized carbons (Fsp3) is 0.385. The first-order valence-corrected chi connectivity index (χ1v) is 8.59. The molecule has 1 atom stereocenters. The number of nitrogens with zero attached hydrogens (tertiary/aromatic N) is 2. The fourth-order valence-corrected chi connectivity index (χ4v) is 3.93. The number of amides is 2. The molecule has 1 heterocycles. The van der Waals surface area contributed by atoms with Crippen molar-refractivity contribution in [2.45, 2.75) is 19.4 Å². The molecule has 0 radical (unpaired) electrons. The lowest BCUT2D eigenvalue weighted by molar-refractivity contribution is -0.138. The maximum atomic E-state index is 12.4. The molecule has 1 aliphatic heterocycles. The highest BCUT2D eigenvalue weighted by Crippen LogP contribution is 2.32. The molecule has 0 aliphatic carbocycles. The maximum Gasteiger partial charge on any atom is 0.339 e. The Morgan fingerprint density at radius 1 is 1.41 bits per heavy atom. The number of carboxylic acid groups (broad SMARTS) is 1. The Morgan fingerprint density at radius 2 is 2.05 bits per heavy atom. The summed E-state index contributed by atoms with van der Waals surface area (Å²) in [6.07, 6.45) is 0.329. The molecule has 7 nitrogen and oxygen atoms in total. The Bertz CT molecular complexity index is 706. The van der Waals surface area contributed by atoms with Crippen LogP contribution in [0.25, 0.3) is 0 Å². The van der Waals surface area contributed by atoms with E-state index in [4.69, 9.17) is 11.6 Å². The summed E-state index contributed by atoms with van der Waals surface area (Å²) in [6, 6.07) is 4.01. The van der Waals surface area contributed by atoms with Gasteiger partial charge in [0.2, 0.25) is 10.0 Å². The molecule has 1 fully saturated rings. The summed E-state index contributed by atoms with van der Waals surface area (Å²) in [5, 5.41) is 9.49. The molecule has 2 rings (SSSR count). The molecule has 120 valence electrons. The first-order chi connectivity index (χ1) is 10.3. The molecule has 0 bridgehead atoms. The first-order valence-electron chi connectivity index (χ1n) is 6.60. The fourth-order valence-electron chi connectivity index (χ4n) is 2.28. The van der Waals surface area contributed by atoms with Crippen molar-refractivity contribution < 1.29 is 23.1 Å². The van der Waals surface area contributed by atoms with Gasteiger partial charge in [0.05, 0.1) is 23.0 Å². The summed E-state index contributed by atoms with van der Waals surface area (Å²) >= 11 is 6.01. The van der Waals surface area contributed by atoms with Crippen molar-refractivity contribution in [3.63, 3.8) is 0 Å². The number of aliphatic carboxylic acids is 1. The van der Waals surface area contributed by atoms with Gasteiger partial charge in [-0.2, -0.15) is 0 Å². The molecule has 1 aliphatic rings. The maximum absolute atomic E-state index is 12.4. The summed E-state index contributed by atoms with van der Waals surface area (Å²) in [6.45, 7) is 1.24. The third kappa shape index (κ3) is 2.89. The zero-order valence-corrected chi connectivity index (χ0v) is 13.3. The summed E-state index contributed by atoms with van der Waals surface area (Å²) in [7, 11) is -3.84. The minimum atomic E-state index is -3.84. The van der Waals surface area contributed by atoms with Gasteiger partial charge in [0, 0.05) is 0 Å². The number of hydrogen-bond acceptors (Lipinski definition) is 4. The van der Waals surface area contributed by atoms with Gasteiger partial charge in [0.1, 0.15) is 0 Å². The van der Waals surface area contributed by atoms with E-state index >= 15 is 0 Å². The highest BCUT2D eigenvalue weighted by Gasteiger charge is 2.47. The molecule has 1 N–H and O–H groups in total. The van der Waals surface area contributed by atoms with Crippen LogP contribution in [0.15, 0.2) is 24.3 Å². The Labute approximate surface area is 133 Å². The van der Waals surface area contributed by atoms with Crippen LogP contribution in [0, 0.1) is 0 Å². The Balaban J connectivity index is 2.47. The van der Waals surface area contributed by atoms with Gasteiger partial charge in [-0.15, -0.1) is 0 Å². The number of carboxylic acids is 1. The Morgan fingerprint density at radius 3 is 2.59 bits per heavy atom. The van der Waals surface area contributed by atoms with E-state index in [1.54, 1.807) is 19.1 Å². The molecular weight excluding hydrogens is 332 g/mol. The van der Waals surface area contributed by atoms with Crippen LogP contribution in [0.5, 0.6) is 0 Å². The van der Waals surface area contributed by atoms with Crippen LogP contribution in [0.4, 0.5) is 10.5 Å². The number of benzene rings is 1. The number of sulfonamides is 1. The lowest BCUT2D eigenvalue weighted by Gasteiger charge is -2.21. The van der Waals surface area contributed by atoms with E-state index in [0.717, 1.165) is 4.90 Å². The Hall–Kier alpha value is -1.80. The van der Waals surface area contributed by atoms with Crippen LogP contribution in [0.1, 0.15) is 13.3 Å². The molecule has 1 aromatic carbocycles. The SMILES string of the molecule is CCCS(=O)(=O)N1C[C@@H](C(=O)O)N(c2ccccc2Cl)C1=O. The van der Waals surface area contributed by atoms with E-state index in [9.17, 15) is 23.1 Å². The van der Waals surface area contributed by atoms with Crippen molar-refractivity contribution in [2.24, 2.45) is 0 Å². The summed E-state index contributed by atoms with van der Waals surface area (Å²) in [5.41, 5.74) is 0.177. The lowest BCUT2D eigenvalue weighted by Crippen LogP contribution is -2.40. The van der Waals surface area contributed by atoms with Crippen molar-refractivity contribution in [1.29, 1.82) is 0 Å². The molecule has 1 aromatic rings. The molecule has 2 amide bonds. The van der Waals surface area contributed by atoms with Crippen LogP contribution >= 0.6 is 11.6 Å². The summed E-state index contributed by atoms with van der Waals surface area (Å²) in [4.78, 5) is 24.8. The normalized spacial score (nSPS) is 18.8. The highest BCUT2D eigenvalue weighted by atomic mass is 35.5. The zero-order valence-electron chi connectivity index (χ0n) is 11.8. The van der Waals surface area contributed by atoms with E-state index in [-0.39, 0.29) is 16.5 Å². The van der Waals surface area contributed by atoms with Crippen LogP contribution in [-0.2, 0) is 14.8 Å². The molecule has 1 saturated heterocycles. The molecule has 9 heteroatoms. The number of para-hydroxylation sites is 1. The number of carbonyl (C=O) groups excluding carboxylic acids is 1. The largest absolute Gasteiger partial charge is 0.480 e. The second-order valence-electron chi connectivity index (χ2n) is 4.81. The third-order valence-electron chi connectivity index (χ3n) is 3.26. The van der Waals surface area contributed by atoms with Crippen molar-refractivity contribution in [1.82, 2.24) is 4.31 Å². The highest BCUT2D eigenvalue weighted by molar-refractivity contribution is 7.89. The van der Waals surface area contributed by atoms with Gasteiger partial charge >= 0.3 is 12.0 Å². The van der Waals surface area contributed by atoms with E-state index < -0.39 is 34.6 Å². The van der Waals surface area contributed by atoms with E-state index in [1.807, 2.05) is 0 Å². The number of hydrogen-bond donors (Lipinski definition) is 1. The van der Waals surface area contributed by atoms with Crippen LogP contribution < -0.4 is 4.90 Å². The van der Waals surface area contributed by atoms with Gasteiger partial charge < -0.3 is 5.11 Å². The Kier molecular flexibility index (Phi) is 4.62. The van der Waals surface area contributed by atoms with Crippen molar-refractivity contribution in [3.8, 4) is 0 Å². The number of rotatable bonds is 5. The van der Waals surface area contributed by atoms with Gasteiger partial charge in [-0.3, -0.25) is 4.90 Å². The van der Waals surface area contributed by atoms with E-state index in [0.29, 0.717) is 10.7 Å². The van der Waals surface area contributed by atoms with Gasteiger partial charge in [-0.05, 0) is 18.6 Å². The van der Waals surface area contributed by atoms with Crippen molar-refractivity contribution in [3.05, 3.63) is 29.3 Å².